The lowest BCUT2D eigenvalue weighted by Gasteiger charge is -1.98. The van der Waals surface area contributed by atoms with Gasteiger partial charge in [-0.15, -0.1) is 0 Å². The number of carbonyl (C=O) groups is 1. The molecule has 1 heterocycles. The van der Waals surface area contributed by atoms with Gasteiger partial charge in [0.2, 0.25) is 5.78 Å². The van der Waals surface area contributed by atoms with Gasteiger partial charge in [-0.3, -0.25) is 4.79 Å². The minimum Gasteiger partial charge on any atom is -0.497 e. The van der Waals surface area contributed by atoms with Crippen molar-refractivity contribution in [1.29, 1.82) is 0 Å². The number of Topliss-reactive ketones (excluding diaryl/α,β-unsaturated/α-hetero) is 1. The van der Waals surface area contributed by atoms with Crippen LogP contribution in [-0.4, -0.2) is 22.9 Å². The molecule has 0 amide bonds. The van der Waals surface area contributed by atoms with E-state index >= 15 is 0 Å². The molecule has 0 atom stereocenters. The molecule has 0 aliphatic rings. The van der Waals surface area contributed by atoms with Gasteiger partial charge in [0, 0.05) is 18.0 Å². The van der Waals surface area contributed by atoms with E-state index in [1.54, 1.807) is 43.8 Å². The van der Waals surface area contributed by atoms with Crippen molar-refractivity contribution in [1.82, 2.24) is 9.97 Å². The topological polar surface area (TPSA) is 52.1 Å². The third kappa shape index (κ3) is 2.92. The molecule has 18 heavy (non-hydrogen) atoms. The molecule has 0 saturated carbocycles. The third-order valence-electron chi connectivity index (χ3n) is 2.23. The Morgan fingerprint density at radius 1 is 1.17 bits per heavy atom. The van der Waals surface area contributed by atoms with Gasteiger partial charge in [0.15, 0.2) is 0 Å². The van der Waals surface area contributed by atoms with Crippen molar-refractivity contribution in [2.45, 2.75) is 0 Å². The number of hydrogen-bond acceptors (Lipinski definition) is 4. The first kappa shape index (κ1) is 11.8. The van der Waals surface area contributed by atoms with E-state index in [0.29, 0.717) is 16.9 Å². The van der Waals surface area contributed by atoms with Crippen molar-refractivity contribution in [3.63, 3.8) is 0 Å². The summed E-state index contributed by atoms with van der Waals surface area (Å²) in [5, 5.41) is 0. The van der Waals surface area contributed by atoms with Crippen LogP contribution in [0.15, 0.2) is 43.0 Å². The highest BCUT2D eigenvalue weighted by Crippen LogP contribution is 2.11. The van der Waals surface area contributed by atoms with E-state index in [0.717, 1.165) is 0 Å². The highest BCUT2D eigenvalue weighted by molar-refractivity contribution is 6.09. The SMILES string of the molecule is COc1ccc(C(=O)C#Cc2cncnc2)cc1. The number of benzene rings is 1. The molecule has 0 aliphatic heterocycles. The molecule has 1 aromatic heterocycles. The number of rotatable bonds is 2. The average Bonchev–Trinajstić information content (AvgIpc) is 2.46. The van der Waals surface area contributed by atoms with E-state index in [-0.39, 0.29) is 5.78 Å². The molecule has 0 spiro atoms. The quantitative estimate of drug-likeness (QED) is 0.590. The first-order chi connectivity index (χ1) is 8.79. The Morgan fingerprint density at radius 2 is 1.83 bits per heavy atom. The third-order valence-corrected chi connectivity index (χ3v) is 2.23. The van der Waals surface area contributed by atoms with Crippen molar-refractivity contribution >= 4 is 5.78 Å². The maximum absolute atomic E-state index is 11.8. The number of carbonyl (C=O) groups excluding carboxylic acids is 1. The van der Waals surface area contributed by atoms with E-state index in [1.807, 2.05) is 0 Å². The summed E-state index contributed by atoms with van der Waals surface area (Å²) >= 11 is 0. The smallest absolute Gasteiger partial charge is 0.236 e. The molecule has 0 aliphatic carbocycles. The summed E-state index contributed by atoms with van der Waals surface area (Å²) in [5.41, 5.74) is 1.14. The Bertz CT molecular complexity index is 595. The van der Waals surface area contributed by atoms with Gasteiger partial charge in [0.25, 0.3) is 0 Å². The summed E-state index contributed by atoms with van der Waals surface area (Å²) in [4.78, 5) is 19.4. The number of aromatic nitrogens is 2. The maximum Gasteiger partial charge on any atom is 0.236 e. The number of ketones is 1. The van der Waals surface area contributed by atoms with Crippen LogP contribution in [0.2, 0.25) is 0 Å². The van der Waals surface area contributed by atoms with Crippen LogP contribution < -0.4 is 4.74 Å². The highest BCUT2D eigenvalue weighted by atomic mass is 16.5. The number of ether oxygens (including phenoxy) is 1. The van der Waals surface area contributed by atoms with Gasteiger partial charge >= 0.3 is 0 Å². The molecule has 0 radical (unpaired) electrons. The van der Waals surface area contributed by atoms with Gasteiger partial charge in [-0.05, 0) is 30.2 Å². The minimum atomic E-state index is -0.249. The normalized spacial score (nSPS) is 9.17. The van der Waals surface area contributed by atoms with Gasteiger partial charge in [-0.25, -0.2) is 9.97 Å². The Morgan fingerprint density at radius 3 is 2.44 bits per heavy atom. The van der Waals surface area contributed by atoms with Crippen LogP contribution in [0.3, 0.4) is 0 Å². The van der Waals surface area contributed by atoms with Crippen molar-refractivity contribution in [2.24, 2.45) is 0 Å². The van der Waals surface area contributed by atoms with Crippen LogP contribution in [0, 0.1) is 11.8 Å². The molecule has 4 nitrogen and oxygen atoms in total. The lowest BCUT2D eigenvalue weighted by atomic mass is 10.1. The van der Waals surface area contributed by atoms with Crippen LogP contribution in [0.1, 0.15) is 15.9 Å². The molecule has 4 heteroatoms. The van der Waals surface area contributed by atoms with Gasteiger partial charge < -0.3 is 4.74 Å². The number of nitrogens with zero attached hydrogens (tertiary/aromatic N) is 2. The second-order valence-electron chi connectivity index (χ2n) is 3.43. The number of hydrogen-bond donors (Lipinski definition) is 0. The first-order valence-electron chi connectivity index (χ1n) is 5.25. The standard InChI is InChI=1S/C14H10N2O2/c1-18-13-5-3-12(4-6-13)14(17)7-2-11-8-15-10-16-9-11/h3-6,8-10H,1H3. The molecule has 88 valence electrons. The van der Waals surface area contributed by atoms with E-state index in [9.17, 15) is 4.79 Å². The molecule has 0 fully saturated rings. The van der Waals surface area contributed by atoms with Crippen molar-refractivity contribution in [2.75, 3.05) is 7.11 Å². The second kappa shape index (κ2) is 5.60. The predicted octanol–water partition coefficient (Wildman–Crippen LogP) is 1.72. The lowest BCUT2D eigenvalue weighted by molar-refractivity contribution is 0.105. The van der Waals surface area contributed by atoms with Crippen molar-refractivity contribution in [3.8, 4) is 17.6 Å². The molecule has 0 N–H and O–H groups in total. The summed E-state index contributed by atoms with van der Waals surface area (Å²) < 4.78 is 5.01. The van der Waals surface area contributed by atoms with E-state index in [2.05, 4.69) is 21.8 Å². The van der Waals surface area contributed by atoms with Crippen LogP contribution in [0.25, 0.3) is 0 Å². The van der Waals surface area contributed by atoms with Crippen molar-refractivity contribution < 1.29 is 9.53 Å². The largest absolute Gasteiger partial charge is 0.497 e. The van der Waals surface area contributed by atoms with Crippen LogP contribution in [0.4, 0.5) is 0 Å². The van der Waals surface area contributed by atoms with E-state index in [1.165, 1.54) is 6.33 Å². The summed E-state index contributed by atoms with van der Waals surface area (Å²) in [6.45, 7) is 0. The molecule has 2 rings (SSSR count). The fourth-order valence-electron chi connectivity index (χ4n) is 1.31. The van der Waals surface area contributed by atoms with Crippen molar-refractivity contribution in [3.05, 3.63) is 54.1 Å². The zero-order valence-electron chi connectivity index (χ0n) is 9.75. The lowest BCUT2D eigenvalue weighted by Crippen LogP contribution is -1.95. The average molecular weight is 238 g/mol. The van der Waals surface area contributed by atoms with E-state index < -0.39 is 0 Å². The predicted molar refractivity (Wildman–Crippen MR) is 66.2 cm³/mol. The summed E-state index contributed by atoms with van der Waals surface area (Å²) in [7, 11) is 1.58. The van der Waals surface area contributed by atoms with Crippen LogP contribution >= 0.6 is 0 Å². The molecule has 2 aromatic rings. The molecule has 0 bridgehead atoms. The zero-order valence-corrected chi connectivity index (χ0v) is 9.75. The molecule has 0 saturated heterocycles. The Labute approximate surface area is 105 Å². The molecular formula is C14H10N2O2. The Hall–Kier alpha value is -2.67. The first-order valence-corrected chi connectivity index (χ1v) is 5.25. The van der Waals surface area contributed by atoms with E-state index in [4.69, 9.17) is 4.74 Å². The Balaban J connectivity index is 2.15. The highest BCUT2D eigenvalue weighted by Gasteiger charge is 2.01. The van der Waals surface area contributed by atoms with Crippen LogP contribution in [0.5, 0.6) is 5.75 Å². The maximum atomic E-state index is 11.8. The van der Waals surface area contributed by atoms with Gasteiger partial charge in [-0.1, -0.05) is 5.92 Å². The van der Waals surface area contributed by atoms with Gasteiger partial charge in [0.1, 0.15) is 12.1 Å². The molecule has 0 unspecified atom stereocenters. The fourth-order valence-corrected chi connectivity index (χ4v) is 1.31. The summed E-state index contributed by atoms with van der Waals surface area (Å²) in [6.07, 6.45) is 4.53. The summed E-state index contributed by atoms with van der Waals surface area (Å²) in [6, 6.07) is 6.80. The molecule has 1 aromatic carbocycles. The fraction of sp³-hybridized carbons (Fsp3) is 0.0714. The van der Waals surface area contributed by atoms with Crippen LogP contribution in [-0.2, 0) is 0 Å². The Kier molecular flexibility index (Phi) is 3.67. The molecular weight excluding hydrogens is 228 g/mol. The van der Waals surface area contributed by atoms with Gasteiger partial charge in [0.05, 0.1) is 12.7 Å². The van der Waals surface area contributed by atoms with Gasteiger partial charge in [-0.2, -0.15) is 0 Å². The summed E-state index contributed by atoms with van der Waals surface area (Å²) in [5.74, 6) is 5.71. The zero-order chi connectivity index (χ0) is 12.8. The number of methoxy groups -OCH3 is 1. The minimum absolute atomic E-state index is 0.249. The second-order valence-corrected chi connectivity index (χ2v) is 3.43. The monoisotopic (exact) mass is 238 g/mol.